The van der Waals surface area contributed by atoms with Crippen LogP contribution in [0.15, 0.2) is 10.5 Å². The Bertz CT molecular complexity index is 384. The second-order valence-corrected chi connectivity index (χ2v) is 5.52. The monoisotopic (exact) mass is 269 g/mol. The van der Waals surface area contributed by atoms with Gasteiger partial charge in [-0.3, -0.25) is 0 Å². The number of rotatable bonds is 2. The van der Waals surface area contributed by atoms with Crippen LogP contribution in [0.1, 0.15) is 29.5 Å². The highest BCUT2D eigenvalue weighted by Crippen LogP contribution is 2.40. The molecule has 2 rings (SSSR count). The van der Waals surface area contributed by atoms with Crippen LogP contribution in [-0.2, 0) is 6.42 Å². The largest absolute Gasteiger partial charge is 0.507 e. The topological polar surface area (TPSA) is 46.2 Å². The third-order valence-corrected chi connectivity index (χ3v) is 4.06. The van der Waals surface area contributed by atoms with Gasteiger partial charge >= 0.3 is 0 Å². The lowest BCUT2D eigenvalue weighted by atomic mass is 9.97. The molecule has 0 aromatic heterocycles. The van der Waals surface area contributed by atoms with Gasteiger partial charge in [0.05, 0.1) is 0 Å². The lowest BCUT2D eigenvalue weighted by molar-refractivity contribution is 0.458. The third-order valence-electron chi connectivity index (χ3n) is 3.23. The lowest BCUT2D eigenvalue weighted by Gasteiger charge is -2.16. The van der Waals surface area contributed by atoms with Crippen molar-refractivity contribution in [3.05, 3.63) is 27.2 Å². The first-order valence-corrected chi connectivity index (χ1v) is 5.99. The Hall–Kier alpha value is -0.540. The van der Waals surface area contributed by atoms with Crippen molar-refractivity contribution in [3.8, 4) is 5.75 Å². The summed E-state index contributed by atoms with van der Waals surface area (Å²) in [4.78, 5) is 0. The SMILES string of the molecule is Cc1cc(Br)c(C)c(CC2(N)CC2)c1O. The van der Waals surface area contributed by atoms with Gasteiger partial charge in [0.1, 0.15) is 5.75 Å². The van der Waals surface area contributed by atoms with Crippen LogP contribution < -0.4 is 5.73 Å². The van der Waals surface area contributed by atoms with Crippen LogP contribution in [0.3, 0.4) is 0 Å². The number of benzene rings is 1. The first-order valence-electron chi connectivity index (χ1n) is 5.19. The number of hydrogen-bond acceptors (Lipinski definition) is 2. The molecule has 15 heavy (non-hydrogen) atoms. The molecular formula is C12H16BrNO. The number of nitrogens with two attached hydrogens (primary N) is 1. The summed E-state index contributed by atoms with van der Waals surface area (Å²) in [6, 6.07) is 1.95. The van der Waals surface area contributed by atoms with E-state index in [2.05, 4.69) is 15.9 Å². The number of phenolic OH excluding ortho intramolecular Hbond substituents is 1. The molecule has 0 bridgehead atoms. The molecule has 0 unspecified atom stereocenters. The summed E-state index contributed by atoms with van der Waals surface area (Å²) in [6.45, 7) is 3.93. The maximum Gasteiger partial charge on any atom is 0.122 e. The Morgan fingerprint density at radius 1 is 1.47 bits per heavy atom. The Kier molecular flexibility index (Phi) is 2.55. The smallest absolute Gasteiger partial charge is 0.122 e. The fraction of sp³-hybridized carbons (Fsp3) is 0.500. The molecule has 1 aromatic carbocycles. The molecule has 0 atom stereocenters. The van der Waals surface area contributed by atoms with E-state index in [-0.39, 0.29) is 5.54 Å². The minimum Gasteiger partial charge on any atom is -0.507 e. The summed E-state index contributed by atoms with van der Waals surface area (Å²) in [7, 11) is 0. The van der Waals surface area contributed by atoms with Crippen LogP contribution >= 0.6 is 15.9 Å². The van der Waals surface area contributed by atoms with Gasteiger partial charge in [0.25, 0.3) is 0 Å². The lowest BCUT2D eigenvalue weighted by Crippen LogP contribution is -2.25. The van der Waals surface area contributed by atoms with Crippen LogP contribution in [0.4, 0.5) is 0 Å². The number of halogens is 1. The molecule has 0 aliphatic heterocycles. The van der Waals surface area contributed by atoms with Crippen LogP contribution in [0.25, 0.3) is 0 Å². The molecule has 1 aliphatic rings. The Labute approximate surface area is 98.6 Å². The van der Waals surface area contributed by atoms with Crippen molar-refractivity contribution >= 4 is 15.9 Å². The van der Waals surface area contributed by atoms with Gasteiger partial charge in [0.15, 0.2) is 0 Å². The zero-order chi connectivity index (χ0) is 11.2. The zero-order valence-corrected chi connectivity index (χ0v) is 10.7. The molecular weight excluding hydrogens is 254 g/mol. The molecule has 2 nitrogen and oxygen atoms in total. The van der Waals surface area contributed by atoms with E-state index in [1.165, 1.54) is 0 Å². The van der Waals surface area contributed by atoms with E-state index < -0.39 is 0 Å². The van der Waals surface area contributed by atoms with Crippen LogP contribution in [0.5, 0.6) is 5.75 Å². The molecule has 1 fully saturated rings. The molecule has 3 heteroatoms. The second kappa shape index (κ2) is 3.49. The minimum atomic E-state index is -0.0600. The number of hydrogen-bond donors (Lipinski definition) is 2. The van der Waals surface area contributed by atoms with E-state index in [9.17, 15) is 5.11 Å². The van der Waals surface area contributed by atoms with Crippen molar-refractivity contribution in [2.75, 3.05) is 0 Å². The number of aryl methyl sites for hydroxylation is 1. The van der Waals surface area contributed by atoms with Crippen LogP contribution in [0, 0.1) is 13.8 Å². The fourth-order valence-electron chi connectivity index (χ4n) is 1.83. The first-order chi connectivity index (χ1) is 6.93. The second-order valence-electron chi connectivity index (χ2n) is 4.67. The Morgan fingerprint density at radius 3 is 2.60 bits per heavy atom. The van der Waals surface area contributed by atoms with Gasteiger partial charge in [-0.1, -0.05) is 15.9 Å². The number of phenols is 1. The molecule has 0 saturated heterocycles. The van der Waals surface area contributed by atoms with Crippen molar-refractivity contribution in [3.63, 3.8) is 0 Å². The normalized spacial score (nSPS) is 17.9. The molecule has 1 aliphatic carbocycles. The fourth-order valence-corrected chi connectivity index (χ4v) is 2.41. The van der Waals surface area contributed by atoms with E-state index >= 15 is 0 Å². The maximum absolute atomic E-state index is 10.0. The van der Waals surface area contributed by atoms with Crippen molar-refractivity contribution in [2.24, 2.45) is 5.73 Å². The standard InChI is InChI=1S/C12H16BrNO/c1-7-5-10(13)8(2)9(11(7)15)6-12(14)3-4-12/h5,15H,3-4,6,14H2,1-2H3. The third kappa shape index (κ3) is 2.04. The summed E-state index contributed by atoms with van der Waals surface area (Å²) in [5, 5.41) is 10.0. The van der Waals surface area contributed by atoms with Crippen LogP contribution in [0.2, 0.25) is 0 Å². The molecule has 3 N–H and O–H groups in total. The van der Waals surface area contributed by atoms with Crippen molar-refractivity contribution in [1.82, 2.24) is 0 Å². The van der Waals surface area contributed by atoms with Crippen molar-refractivity contribution < 1.29 is 5.11 Å². The molecule has 82 valence electrons. The van der Waals surface area contributed by atoms with Crippen molar-refractivity contribution in [2.45, 2.75) is 38.6 Å². The highest BCUT2D eigenvalue weighted by Gasteiger charge is 2.39. The van der Waals surface area contributed by atoms with Gasteiger partial charge < -0.3 is 10.8 Å². The van der Waals surface area contributed by atoms with Gasteiger partial charge in [0.2, 0.25) is 0 Å². The Balaban J connectivity index is 2.44. The average molecular weight is 270 g/mol. The van der Waals surface area contributed by atoms with Gasteiger partial charge in [-0.25, -0.2) is 0 Å². The van der Waals surface area contributed by atoms with Gasteiger partial charge in [-0.05, 0) is 55.9 Å². The molecule has 0 amide bonds. The van der Waals surface area contributed by atoms with E-state index in [1.54, 1.807) is 0 Å². The Morgan fingerprint density at radius 2 is 2.07 bits per heavy atom. The minimum absolute atomic E-state index is 0.0600. The molecule has 1 aromatic rings. The van der Waals surface area contributed by atoms with Crippen LogP contribution in [-0.4, -0.2) is 10.6 Å². The summed E-state index contributed by atoms with van der Waals surface area (Å²) in [5.41, 5.74) is 9.05. The quantitative estimate of drug-likeness (QED) is 0.868. The van der Waals surface area contributed by atoms with E-state index in [1.807, 2.05) is 19.9 Å². The summed E-state index contributed by atoms with van der Waals surface area (Å²) >= 11 is 3.51. The summed E-state index contributed by atoms with van der Waals surface area (Å²) in [6.07, 6.45) is 2.92. The first kappa shape index (κ1) is 11.0. The predicted octanol–water partition coefficient (Wildman–Crippen LogP) is 2.81. The highest BCUT2D eigenvalue weighted by atomic mass is 79.9. The highest BCUT2D eigenvalue weighted by molar-refractivity contribution is 9.10. The predicted molar refractivity (Wildman–Crippen MR) is 65.1 cm³/mol. The van der Waals surface area contributed by atoms with E-state index in [0.29, 0.717) is 5.75 Å². The maximum atomic E-state index is 10.0. The average Bonchev–Trinajstić information content (AvgIpc) is 2.89. The van der Waals surface area contributed by atoms with Gasteiger partial charge in [-0.15, -0.1) is 0 Å². The van der Waals surface area contributed by atoms with Gasteiger partial charge in [0, 0.05) is 10.0 Å². The van der Waals surface area contributed by atoms with Gasteiger partial charge in [-0.2, -0.15) is 0 Å². The van der Waals surface area contributed by atoms with E-state index in [0.717, 1.165) is 40.4 Å². The number of aromatic hydroxyl groups is 1. The summed E-state index contributed by atoms with van der Waals surface area (Å²) < 4.78 is 1.05. The van der Waals surface area contributed by atoms with E-state index in [4.69, 9.17) is 5.73 Å². The zero-order valence-electron chi connectivity index (χ0n) is 9.10. The molecule has 0 radical (unpaired) electrons. The molecule has 0 heterocycles. The van der Waals surface area contributed by atoms with Crippen molar-refractivity contribution in [1.29, 1.82) is 0 Å². The molecule has 0 spiro atoms. The molecule has 1 saturated carbocycles. The summed E-state index contributed by atoms with van der Waals surface area (Å²) in [5.74, 6) is 0.410.